The second-order valence-electron chi connectivity index (χ2n) is 6.03. The average Bonchev–Trinajstić information content (AvgIpc) is 2.83. The normalized spacial score (nSPS) is 13.2. The van der Waals surface area contributed by atoms with Gasteiger partial charge in [-0.15, -0.1) is 0 Å². The Hall–Kier alpha value is -1.02. The monoisotopic (exact) mass is 334 g/mol. The van der Waals surface area contributed by atoms with Crippen molar-refractivity contribution in [1.29, 1.82) is 0 Å². The third-order valence-electron chi connectivity index (χ3n) is 3.80. The zero-order chi connectivity index (χ0) is 14.9. The van der Waals surface area contributed by atoms with Crippen LogP contribution in [0.4, 0.5) is 0 Å². The van der Waals surface area contributed by atoms with E-state index < -0.39 is 0 Å². The molecule has 1 atom stereocenters. The van der Waals surface area contributed by atoms with E-state index in [0.29, 0.717) is 11.8 Å². The molecule has 0 saturated carbocycles. The molecule has 108 valence electrons. The molecule has 0 spiro atoms. The topological polar surface area (TPSA) is 13.1 Å². The molecule has 2 heteroatoms. The molecule has 2 aromatic rings. The van der Waals surface area contributed by atoms with Gasteiger partial charge in [0.2, 0.25) is 0 Å². The first-order chi connectivity index (χ1) is 9.41. The maximum absolute atomic E-state index is 5.65. The summed E-state index contributed by atoms with van der Waals surface area (Å²) in [6, 6.07) is 8.84. The second-order valence-corrected chi connectivity index (χ2v) is 6.94. The number of hydrogen-bond acceptors (Lipinski definition) is 1. The van der Waals surface area contributed by atoms with Gasteiger partial charge >= 0.3 is 0 Å². The highest BCUT2D eigenvalue weighted by atomic mass is 79.9. The Morgan fingerprint density at radius 2 is 1.65 bits per heavy atom. The minimum Gasteiger partial charge on any atom is -0.468 e. The van der Waals surface area contributed by atoms with Crippen molar-refractivity contribution >= 4 is 15.9 Å². The van der Waals surface area contributed by atoms with Gasteiger partial charge in [-0.25, -0.2) is 0 Å². The van der Waals surface area contributed by atoms with E-state index in [0.717, 1.165) is 5.76 Å². The van der Waals surface area contributed by atoms with E-state index in [1.807, 2.05) is 6.07 Å². The van der Waals surface area contributed by atoms with Gasteiger partial charge in [0.05, 0.1) is 11.1 Å². The molecule has 0 saturated heterocycles. The van der Waals surface area contributed by atoms with Crippen LogP contribution in [0.2, 0.25) is 0 Å². The zero-order valence-electron chi connectivity index (χ0n) is 12.9. The Morgan fingerprint density at radius 1 is 0.950 bits per heavy atom. The Labute approximate surface area is 130 Å². The Balaban J connectivity index is 2.48. The van der Waals surface area contributed by atoms with Crippen LogP contribution in [0.3, 0.4) is 0 Å². The van der Waals surface area contributed by atoms with Gasteiger partial charge in [-0.3, -0.25) is 0 Å². The largest absolute Gasteiger partial charge is 0.468 e. The van der Waals surface area contributed by atoms with Gasteiger partial charge in [0.1, 0.15) is 5.76 Å². The molecule has 1 aromatic heterocycles. The average molecular weight is 335 g/mol. The fourth-order valence-corrected chi connectivity index (χ4v) is 3.35. The molecule has 0 aliphatic heterocycles. The number of benzene rings is 1. The van der Waals surface area contributed by atoms with E-state index in [1.54, 1.807) is 6.26 Å². The highest BCUT2D eigenvalue weighted by Gasteiger charge is 2.21. The second kappa shape index (κ2) is 6.17. The first-order valence-corrected chi connectivity index (χ1v) is 8.15. The fourth-order valence-electron chi connectivity index (χ4n) is 2.47. The molecule has 0 fully saturated rings. The van der Waals surface area contributed by atoms with E-state index in [1.165, 1.54) is 22.3 Å². The van der Waals surface area contributed by atoms with Crippen LogP contribution in [-0.4, -0.2) is 0 Å². The lowest BCUT2D eigenvalue weighted by Gasteiger charge is -2.19. The Kier molecular flexibility index (Phi) is 4.74. The summed E-state index contributed by atoms with van der Waals surface area (Å²) in [4.78, 5) is 0.121. The van der Waals surface area contributed by atoms with Crippen LogP contribution < -0.4 is 0 Å². The smallest absolute Gasteiger partial charge is 0.124 e. The van der Waals surface area contributed by atoms with Gasteiger partial charge in [0.15, 0.2) is 0 Å². The summed E-state index contributed by atoms with van der Waals surface area (Å²) in [6.45, 7) is 11.1. The lowest BCUT2D eigenvalue weighted by Crippen LogP contribution is -2.03. The molecule has 0 aliphatic carbocycles. The predicted molar refractivity (Wildman–Crippen MR) is 88.8 cm³/mol. The number of aryl methyl sites for hydroxylation is 1. The minimum absolute atomic E-state index is 0.121. The molecule has 2 rings (SSSR count). The van der Waals surface area contributed by atoms with Crippen molar-refractivity contribution in [2.75, 3.05) is 0 Å². The molecule has 0 amide bonds. The van der Waals surface area contributed by atoms with Crippen molar-refractivity contribution in [3.05, 3.63) is 58.5 Å². The molecular weight excluding hydrogens is 312 g/mol. The molecule has 1 heterocycles. The van der Waals surface area contributed by atoms with E-state index in [2.05, 4.69) is 68.7 Å². The lowest BCUT2D eigenvalue weighted by molar-refractivity contribution is 0.516. The van der Waals surface area contributed by atoms with Crippen molar-refractivity contribution in [3.8, 4) is 0 Å². The highest BCUT2D eigenvalue weighted by Crippen LogP contribution is 2.38. The van der Waals surface area contributed by atoms with Crippen LogP contribution in [0, 0.1) is 6.92 Å². The summed E-state index contributed by atoms with van der Waals surface area (Å²) >= 11 is 3.81. The molecule has 0 bridgehead atoms. The van der Waals surface area contributed by atoms with Crippen LogP contribution >= 0.6 is 15.9 Å². The molecule has 1 unspecified atom stereocenters. The SMILES string of the molecule is Cc1ccoc1C(Br)c1ccc(C(C)C)cc1C(C)C. The quantitative estimate of drug-likeness (QED) is 0.596. The molecule has 1 nitrogen and oxygen atoms in total. The minimum atomic E-state index is 0.121. The summed E-state index contributed by atoms with van der Waals surface area (Å²) in [5.74, 6) is 2.06. The molecule has 0 N–H and O–H groups in total. The lowest BCUT2D eigenvalue weighted by atomic mass is 9.89. The van der Waals surface area contributed by atoms with Gasteiger partial charge in [0.25, 0.3) is 0 Å². The maximum Gasteiger partial charge on any atom is 0.124 e. The molecule has 20 heavy (non-hydrogen) atoms. The first kappa shape index (κ1) is 15.4. The van der Waals surface area contributed by atoms with E-state index >= 15 is 0 Å². The number of halogens is 1. The molecule has 0 aliphatic rings. The highest BCUT2D eigenvalue weighted by molar-refractivity contribution is 9.09. The van der Waals surface area contributed by atoms with Crippen molar-refractivity contribution in [1.82, 2.24) is 0 Å². The number of hydrogen-bond donors (Lipinski definition) is 0. The first-order valence-electron chi connectivity index (χ1n) is 7.23. The van der Waals surface area contributed by atoms with Crippen molar-refractivity contribution in [2.24, 2.45) is 0 Å². The van der Waals surface area contributed by atoms with Crippen molar-refractivity contribution in [3.63, 3.8) is 0 Å². The summed E-state index contributed by atoms with van der Waals surface area (Å²) in [5.41, 5.74) is 5.29. The van der Waals surface area contributed by atoms with Crippen LogP contribution in [0.15, 0.2) is 34.9 Å². The standard InChI is InChI=1S/C18H23BrO/c1-11(2)14-6-7-15(16(10-14)12(3)4)17(19)18-13(5)8-9-20-18/h6-12,17H,1-5H3. The number of alkyl halides is 1. The third kappa shape index (κ3) is 3.01. The summed E-state index contributed by atoms with van der Waals surface area (Å²) in [7, 11) is 0. The van der Waals surface area contributed by atoms with Crippen molar-refractivity contribution < 1.29 is 4.42 Å². The van der Waals surface area contributed by atoms with Gasteiger partial charge in [-0.1, -0.05) is 61.8 Å². The Bertz CT molecular complexity index is 581. The summed E-state index contributed by atoms with van der Waals surface area (Å²) in [6.07, 6.45) is 1.76. The number of furan rings is 1. The van der Waals surface area contributed by atoms with E-state index in [9.17, 15) is 0 Å². The molecule has 1 aromatic carbocycles. The Morgan fingerprint density at radius 3 is 2.15 bits per heavy atom. The third-order valence-corrected chi connectivity index (χ3v) is 4.71. The maximum atomic E-state index is 5.65. The van der Waals surface area contributed by atoms with E-state index in [-0.39, 0.29) is 4.83 Å². The van der Waals surface area contributed by atoms with Gasteiger partial charge in [-0.05, 0) is 47.1 Å². The zero-order valence-corrected chi connectivity index (χ0v) is 14.5. The van der Waals surface area contributed by atoms with Crippen molar-refractivity contribution in [2.45, 2.75) is 51.3 Å². The van der Waals surface area contributed by atoms with Gasteiger partial charge < -0.3 is 4.42 Å². The number of rotatable bonds is 4. The predicted octanol–water partition coefficient (Wildman–Crippen LogP) is 6.32. The van der Waals surface area contributed by atoms with Crippen LogP contribution in [0.5, 0.6) is 0 Å². The fraction of sp³-hybridized carbons (Fsp3) is 0.444. The molecular formula is C18H23BrO. The van der Waals surface area contributed by atoms with Gasteiger partial charge in [0, 0.05) is 0 Å². The van der Waals surface area contributed by atoms with Gasteiger partial charge in [-0.2, -0.15) is 0 Å². The summed E-state index contributed by atoms with van der Waals surface area (Å²) < 4.78 is 5.65. The summed E-state index contributed by atoms with van der Waals surface area (Å²) in [5, 5.41) is 0. The van der Waals surface area contributed by atoms with E-state index in [4.69, 9.17) is 4.42 Å². The van der Waals surface area contributed by atoms with Crippen LogP contribution in [-0.2, 0) is 0 Å². The molecule has 0 radical (unpaired) electrons. The van der Waals surface area contributed by atoms with Crippen LogP contribution in [0.1, 0.15) is 72.4 Å². The van der Waals surface area contributed by atoms with Crippen LogP contribution in [0.25, 0.3) is 0 Å².